The van der Waals surface area contributed by atoms with Crippen molar-refractivity contribution in [3.8, 4) is 0 Å². The van der Waals surface area contributed by atoms with Gasteiger partial charge in [0.05, 0.1) is 11.5 Å². The predicted molar refractivity (Wildman–Crippen MR) is 93.8 cm³/mol. The maximum absolute atomic E-state index is 12.0. The fraction of sp³-hybridized carbons (Fsp3) is 0.188. The molecule has 1 unspecified atom stereocenters. The number of carbonyl (C=O) groups is 1. The largest absolute Gasteiger partial charge is 0.303 e. The molecular formula is C16H15N3OS2. The number of rotatable bonds is 4. The summed E-state index contributed by atoms with van der Waals surface area (Å²) in [5.74, 6) is -0.00317. The molecule has 1 atom stereocenters. The lowest BCUT2D eigenvalue weighted by Crippen LogP contribution is -2.25. The van der Waals surface area contributed by atoms with Crippen molar-refractivity contribution < 1.29 is 4.79 Å². The Morgan fingerprint density at radius 3 is 3.00 bits per heavy atom. The van der Waals surface area contributed by atoms with Crippen molar-refractivity contribution in [3.63, 3.8) is 0 Å². The van der Waals surface area contributed by atoms with E-state index in [1.165, 1.54) is 17.3 Å². The Morgan fingerprint density at radius 1 is 1.32 bits per heavy atom. The molecule has 2 aromatic rings. The number of amidine groups is 1. The van der Waals surface area contributed by atoms with Crippen LogP contribution in [0.1, 0.15) is 16.0 Å². The van der Waals surface area contributed by atoms with Gasteiger partial charge in [0.2, 0.25) is 5.91 Å². The maximum atomic E-state index is 12.0. The summed E-state index contributed by atoms with van der Waals surface area (Å²) in [4.78, 5) is 13.0. The highest BCUT2D eigenvalue weighted by molar-refractivity contribution is 8.15. The van der Waals surface area contributed by atoms with Crippen molar-refractivity contribution in [2.24, 2.45) is 10.2 Å². The number of benzene rings is 1. The van der Waals surface area contributed by atoms with Crippen LogP contribution in [0.15, 0.2) is 52.0 Å². The van der Waals surface area contributed by atoms with E-state index < -0.39 is 0 Å². The van der Waals surface area contributed by atoms with Gasteiger partial charge in [0, 0.05) is 4.88 Å². The van der Waals surface area contributed by atoms with E-state index in [-0.39, 0.29) is 11.2 Å². The van der Waals surface area contributed by atoms with E-state index in [1.54, 1.807) is 17.6 Å². The second-order valence-corrected chi connectivity index (χ2v) is 7.12. The summed E-state index contributed by atoms with van der Waals surface area (Å²) >= 11 is 3.03. The minimum absolute atomic E-state index is 0.00317. The summed E-state index contributed by atoms with van der Waals surface area (Å²) in [6, 6.07) is 12.2. The van der Waals surface area contributed by atoms with Gasteiger partial charge in [-0.3, -0.25) is 4.79 Å². The molecule has 6 heteroatoms. The highest BCUT2D eigenvalue weighted by Gasteiger charge is 2.30. The van der Waals surface area contributed by atoms with E-state index >= 15 is 0 Å². The molecule has 0 bridgehead atoms. The zero-order valence-electron chi connectivity index (χ0n) is 12.0. The first-order chi connectivity index (χ1) is 10.7. The molecule has 0 saturated carbocycles. The van der Waals surface area contributed by atoms with Crippen LogP contribution in [-0.4, -0.2) is 22.5 Å². The van der Waals surface area contributed by atoms with Crippen molar-refractivity contribution >= 4 is 40.4 Å². The molecule has 1 amide bonds. The number of amides is 1. The van der Waals surface area contributed by atoms with Gasteiger partial charge in [-0.1, -0.05) is 47.7 Å². The summed E-state index contributed by atoms with van der Waals surface area (Å²) < 4.78 is 0. The Bertz CT molecular complexity index is 723. The predicted octanol–water partition coefficient (Wildman–Crippen LogP) is 3.22. The van der Waals surface area contributed by atoms with Crippen LogP contribution in [0, 0.1) is 6.92 Å². The minimum Gasteiger partial charge on any atom is -0.303 e. The van der Waals surface area contributed by atoms with Gasteiger partial charge in [-0.2, -0.15) is 5.10 Å². The third-order valence-electron chi connectivity index (χ3n) is 3.16. The molecule has 112 valence electrons. The normalized spacial score (nSPS) is 20.0. The van der Waals surface area contributed by atoms with Crippen LogP contribution in [0.25, 0.3) is 0 Å². The van der Waals surface area contributed by atoms with E-state index in [0.29, 0.717) is 11.6 Å². The van der Waals surface area contributed by atoms with Crippen LogP contribution in [0.5, 0.6) is 0 Å². The van der Waals surface area contributed by atoms with Gasteiger partial charge in [0.15, 0.2) is 5.17 Å². The maximum Gasteiger partial charge on any atom is 0.239 e. The van der Waals surface area contributed by atoms with Gasteiger partial charge in [0.25, 0.3) is 0 Å². The Labute approximate surface area is 137 Å². The van der Waals surface area contributed by atoms with E-state index in [9.17, 15) is 4.79 Å². The molecule has 22 heavy (non-hydrogen) atoms. The van der Waals surface area contributed by atoms with Crippen LogP contribution in [-0.2, 0) is 11.2 Å². The first-order valence-corrected chi connectivity index (χ1v) is 8.64. The van der Waals surface area contributed by atoms with Crippen molar-refractivity contribution in [3.05, 3.63) is 57.8 Å². The number of carbonyl (C=O) groups excluding carboxylic acids is 1. The Morgan fingerprint density at radius 2 is 2.23 bits per heavy atom. The van der Waals surface area contributed by atoms with E-state index in [0.717, 1.165) is 10.4 Å². The zero-order chi connectivity index (χ0) is 15.4. The number of thiophene rings is 1. The third kappa shape index (κ3) is 3.84. The number of hydrogen-bond donors (Lipinski definition) is 1. The molecule has 1 aliphatic heterocycles. The van der Waals surface area contributed by atoms with Crippen molar-refractivity contribution in [2.75, 3.05) is 0 Å². The number of aryl methyl sites for hydroxylation is 1. The van der Waals surface area contributed by atoms with Gasteiger partial charge >= 0.3 is 0 Å². The van der Waals surface area contributed by atoms with Gasteiger partial charge in [-0.25, -0.2) is 0 Å². The monoisotopic (exact) mass is 329 g/mol. The van der Waals surface area contributed by atoms with Crippen molar-refractivity contribution in [2.45, 2.75) is 18.6 Å². The van der Waals surface area contributed by atoms with Crippen LogP contribution in [0.4, 0.5) is 0 Å². The highest BCUT2D eigenvalue weighted by atomic mass is 32.2. The number of hydrogen-bond acceptors (Lipinski definition) is 5. The molecule has 0 aliphatic carbocycles. The molecule has 4 nitrogen and oxygen atoms in total. The summed E-state index contributed by atoms with van der Waals surface area (Å²) in [6.07, 6.45) is 2.39. The Hall–Kier alpha value is -1.92. The SMILES string of the molecule is Cc1cccc(CC2S/C(=N/N=Cc3cccs3)NC2=O)c1. The van der Waals surface area contributed by atoms with E-state index in [4.69, 9.17) is 0 Å². The summed E-state index contributed by atoms with van der Waals surface area (Å²) in [6.45, 7) is 2.05. The smallest absolute Gasteiger partial charge is 0.239 e. The number of thioether (sulfide) groups is 1. The first kappa shape index (κ1) is 15.0. The number of nitrogens with zero attached hydrogens (tertiary/aromatic N) is 2. The Balaban J connectivity index is 1.63. The summed E-state index contributed by atoms with van der Waals surface area (Å²) in [5, 5.41) is 13.3. The molecule has 1 N–H and O–H groups in total. The zero-order valence-corrected chi connectivity index (χ0v) is 13.7. The second-order valence-electron chi connectivity index (χ2n) is 4.95. The van der Waals surface area contributed by atoms with Crippen LogP contribution in [0.3, 0.4) is 0 Å². The first-order valence-electron chi connectivity index (χ1n) is 6.88. The quantitative estimate of drug-likeness (QED) is 0.692. The molecule has 1 aromatic heterocycles. The van der Waals surface area contributed by atoms with Gasteiger partial charge in [-0.05, 0) is 30.4 Å². The molecule has 3 rings (SSSR count). The molecule has 1 saturated heterocycles. The second kappa shape index (κ2) is 6.89. The van der Waals surface area contributed by atoms with Crippen LogP contribution >= 0.6 is 23.1 Å². The van der Waals surface area contributed by atoms with Crippen molar-refractivity contribution in [1.29, 1.82) is 0 Å². The summed E-state index contributed by atoms with van der Waals surface area (Å²) in [5.41, 5.74) is 2.37. The van der Waals surface area contributed by atoms with Gasteiger partial charge < -0.3 is 5.32 Å². The van der Waals surface area contributed by atoms with Crippen LogP contribution in [0.2, 0.25) is 0 Å². The summed E-state index contributed by atoms with van der Waals surface area (Å²) in [7, 11) is 0. The Kier molecular flexibility index (Phi) is 4.70. The molecular weight excluding hydrogens is 314 g/mol. The molecule has 1 aromatic carbocycles. The third-order valence-corrected chi connectivity index (χ3v) is 5.04. The lowest BCUT2D eigenvalue weighted by Gasteiger charge is -2.05. The topological polar surface area (TPSA) is 53.8 Å². The average molecular weight is 329 g/mol. The molecule has 1 fully saturated rings. The fourth-order valence-corrected chi connectivity index (χ4v) is 3.69. The van der Waals surface area contributed by atoms with Gasteiger partial charge in [0.1, 0.15) is 0 Å². The molecule has 0 radical (unpaired) electrons. The lowest BCUT2D eigenvalue weighted by molar-refractivity contribution is -0.118. The van der Waals surface area contributed by atoms with Gasteiger partial charge in [-0.15, -0.1) is 16.4 Å². The average Bonchev–Trinajstić information content (AvgIpc) is 3.10. The molecule has 1 aliphatic rings. The van der Waals surface area contributed by atoms with E-state index in [2.05, 4.69) is 34.6 Å². The van der Waals surface area contributed by atoms with E-state index in [1.807, 2.05) is 29.6 Å². The number of nitrogens with one attached hydrogen (secondary N) is 1. The fourth-order valence-electron chi connectivity index (χ4n) is 2.14. The highest BCUT2D eigenvalue weighted by Crippen LogP contribution is 2.23. The van der Waals surface area contributed by atoms with Crippen molar-refractivity contribution in [1.82, 2.24) is 5.32 Å². The molecule has 2 heterocycles. The lowest BCUT2D eigenvalue weighted by atomic mass is 10.1. The minimum atomic E-state index is -0.141. The molecule has 0 spiro atoms. The standard InChI is InChI=1S/C16H15N3OS2/c1-11-4-2-5-12(8-11)9-14-15(20)18-16(22-14)19-17-10-13-6-3-7-21-13/h2-8,10,14H,9H2,1H3,(H,18,19,20). The van der Waals surface area contributed by atoms with Crippen LogP contribution < -0.4 is 5.32 Å².